The summed E-state index contributed by atoms with van der Waals surface area (Å²) >= 11 is 3.57. The highest BCUT2D eigenvalue weighted by Crippen LogP contribution is 2.35. The second kappa shape index (κ2) is 9.47. The standard InChI is InChI=1S/C29H25BrN2O4/c30-21-10-11-22-23(16-21)26(20-7-3-1-4-8-20)27(29(34)31-13-5-2-6-14-31)32(28(22)33)17-19-9-12-24-25(15-19)36-18-35-24/h1,3-4,7-12,15-16H,2,5-6,13-14,17-18H2. The molecule has 0 atom stereocenters. The van der Waals surface area contributed by atoms with Gasteiger partial charge in [0.1, 0.15) is 5.69 Å². The number of fused-ring (bicyclic) bond motifs is 2. The van der Waals surface area contributed by atoms with Crippen molar-refractivity contribution in [3.05, 3.63) is 92.8 Å². The van der Waals surface area contributed by atoms with Crippen LogP contribution in [0, 0.1) is 0 Å². The number of pyridine rings is 1. The Bertz CT molecular complexity index is 1520. The first-order valence-corrected chi connectivity index (χ1v) is 13.0. The van der Waals surface area contributed by atoms with Crippen LogP contribution in [0.25, 0.3) is 21.9 Å². The summed E-state index contributed by atoms with van der Waals surface area (Å²) in [6, 6.07) is 21.2. The summed E-state index contributed by atoms with van der Waals surface area (Å²) in [5, 5.41) is 1.34. The second-order valence-electron chi connectivity index (χ2n) is 9.21. The lowest BCUT2D eigenvalue weighted by atomic mass is 9.95. The molecule has 2 aliphatic rings. The van der Waals surface area contributed by atoms with Gasteiger partial charge in [-0.1, -0.05) is 52.3 Å². The zero-order chi connectivity index (χ0) is 24.6. The Morgan fingerprint density at radius 1 is 0.861 bits per heavy atom. The third-order valence-corrected chi connectivity index (χ3v) is 7.41. The Balaban J connectivity index is 1.63. The average Bonchev–Trinajstić information content (AvgIpc) is 3.38. The van der Waals surface area contributed by atoms with Crippen LogP contribution in [0.1, 0.15) is 35.3 Å². The van der Waals surface area contributed by atoms with Crippen LogP contribution in [-0.4, -0.2) is 35.3 Å². The minimum absolute atomic E-state index is 0.103. The molecule has 1 amide bonds. The molecule has 0 aliphatic carbocycles. The molecule has 2 aliphatic heterocycles. The van der Waals surface area contributed by atoms with Gasteiger partial charge in [-0.05, 0) is 66.1 Å². The fourth-order valence-corrected chi connectivity index (χ4v) is 5.52. The topological polar surface area (TPSA) is 60.8 Å². The molecule has 3 aromatic carbocycles. The number of rotatable bonds is 4. The molecule has 7 heteroatoms. The van der Waals surface area contributed by atoms with E-state index in [1.54, 1.807) is 4.57 Å². The predicted octanol–water partition coefficient (Wildman–Crippen LogP) is 5.83. The molecule has 36 heavy (non-hydrogen) atoms. The second-order valence-corrected chi connectivity index (χ2v) is 10.1. The maximum absolute atomic E-state index is 14.2. The van der Waals surface area contributed by atoms with E-state index in [0.29, 0.717) is 35.7 Å². The Kier molecular flexibility index (Phi) is 6.01. The quantitative estimate of drug-likeness (QED) is 0.324. The molecule has 182 valence electrons. The zero-order valence-corrected chi connectivity index (χ0v) is 21.3. The Hall–Kier alpha value is -3.58. The van der Waals surface area contributed by atoms with Crippen LogP contribution in [0.15, 0.2) is 76.0 Å². The smallest absolute Gasteiger partial charge is 0.271 e. The average molecular weight is 545 g/mol. The van der Waals surface area contributed by atoms with Crippen LogP contribution < -0.4 is 15.0 Å². The number of piperidine rings is 1. The predicted molar refractivity (Wildman–Crippen MR) is 143 cm³/mol. The third kappa shape index (κ3) is 4.07. The lowest BCUT2D eigenvalue weighted by Gasteiger charge is -2.29. The van der Waals surface area contributed by atoms with Crippen molar-refractivity contribution in [1.82, 2.24) is 9.47 Å². The van der Waals surface area contributed by atoms with Gasteiger partial charge in [-0.15, -0.1) is 0 Å². The van der Waals surface area contributed by atoms with Gasteiger partial charge in [0.25, 0.3) is 11.5 Å². The van der Waals surface area contributed by atoms with Crippen molar-refractivity contribution < 1.29 is 14.3 Å². The van der Waals surface area contributed by atoms with E-state index in [0.717, 1.165) is 45.8 Å². The number of halogens is 1. The van der Waals surface area contributed by atoms with Crippen LogP contribution in [0.4, 0.5) is 0 Å². The van der Waals surface area contributed by atoms with Gasteiger partial charge < -0.3 is 14.4 Å². The molecule has 0 bridgehead atoms. The summed E-state index contributed by atoms with van der Waals surface area (Å²) in [5.41, 5.74) is 2.79. The van der Waals surface area contributed by atoms with Crippen LogP contribution in [0.2, 0.25) is 0 Å². The summed E-state index contributed by atoms with van der Waals surface area (Å²) in [6.45, 7) is 1.82. The first-order valence-electron chi connectivity index (χ1n) is 12.2. The minimum Gasteiger partial charge on any atom is -0.454 e. The molecule has 0 radical (unpaired) electrons. The van der Waals surface area contributed by atoms with Crippen molar-refractivity contribution in [2.24, 2.45) is 0 Å². The number of amides is 1. The Morgan fingerprint density at radius 2 is 1.64 bits per heavy atom. The van der Waals surface area contributed by atoms with Gasteiger partial charge in [0.2, 0.25) is 6.79 Å². The maximum atomic E-state index is 14.2. The fraction of sp³-hybridized carbons (Fsp3) is 0.241. The van der Waals surface area contributed by atoms with Crippen molar-refractivity contribution in [2.45, 2.75) is 25.8 Å². The van der Waals surface area contributed by atoms with E-state index in [4.69, 9.17) is 9.47 Å². The number of likely N-dealkylation sites (tertiary alicyclic amines) is 1. The summed E-state index contributed by atoms with van der Waals surface area (Å²) in [5.74, 6) is 1.23. The molecule has 4 aromatic rings. The number of hydrogen-bond donors (Lipinski definition) is 0. The van der Waals surface area contributed by atoms with E-state index in [9.17, 15) is 9.59 Å². The number of nitrogens with zero attached hydrogens (tertiary/aromatic N) is 2. The molecule has 3 heterocycles. The molecule has 0 unspecified atom stereocenters. The summed E-state index contributed by atoms with van der Waals surface area (Å²) in [7, 11) is 0. The molecular weight excluding hydrogens is 520 g/mol. The number of carbonyl (C=O) groups excluding carboxylic acids is 1. The summed E-state index contributed by atoms with van der Waals surface area (Å²) < 4.78 is 13.5. The largest absolute Gasteiger partial charge is 0.454 e. The van der Waals surface area contributed by atoms with Crippen LogP contribution in [-0.2, 0) is 6.54 Å². The van der Waals surface area contributed by atoms with Crippen LogP contribution in [0.3, 0.4) is 0 Å². The Labute approximate surface area is 217 Å². The number of aromatic nitrogens is 1. The number of hydrogen-bond acceptors (Lipinski definition) is 4. The summed E-state index contributed by atoms with van der Waals surface area (Å²) in [4.78, 5) is 30.1. The molecule has 1 aromatic heterocycles. The first-order chi connectivity index (χ1) is 17.6. The maximum Gasteiger partial charge on any atom is 0.271 e. The third-order valence-electron chi connectivity index (χ3n) is 6.92. The highest BCUT2D eigenvalue weighted by molar-refractivity contribution is 9.10. The molecule has 6 nitrogen and oxygen atoms in total. The molecular formula is C29H25BrN2O4. The van der Waals surface area contributed by atoms with Crippen molar-refractivity contribution in [3.8, 4) is 22.6 Å². The monoisotopic (exact) mass is 544 g/mol. The molecule has 1 saturated heterocycles. The van der Waals surface area contributed by atoms with E-state index in [1.165, 1.54) is 0 Å². The van der Waals surface area contributed by atoms with Gasteiger partial charge in [0.15, 0.2) is 11.5 Å². The van der Waals surface area contributed by atoms with Crippen LogP contribution >= 0.6 is 15.9 Å². The molecule has 6 rings (SSSR count). The number of carbonyl (C=O) groups is 1. The number of ether oxygens (including phenoxy) is 2. The lowest BCUT2D eigenvalue weighted by molar-refractivity contribution is 0.0713. The van der Waals surface area contributed by atoms with E-state index < -0.39 is 0 Å². The zero-order valence-electron chi connectivity index (χ0n) is 19.7. The van der Waals surface area contributed by atoms with Crippen molar-refractivity contribution in [3.63, 3.8) is 0 Å². The van der Waals surface area contributed by atoms with Gasteiger partial charge in [0, 0.05) is 28.5 Å². The van der Waals surface area contributed by atoms with E-state index in [-0.39, 0.29) is 24.8 Å². The van der Waals surface area contributed by atoms with Crippen molar-refractivity contribution in [2.75, 3.05) is 19.9 Å². The van der Waals surface area contributed by atoms with Gasteiger partial charge in [0.05, 0.1) is 6.54 Å². The van der Waals surface area contributed by atoms with Gasteiger partial charge >= 0.3 is 0 Å². The lowest BCUT2D eigenvalue weighted by Crippen LogP contribution is -2.39. The van der Waals surface area contributed by atoms with E-state index in [1.807, 2.05) is 71.6 Å². The van der Waals surface area contributed by atoms with Crippen molar-refractivity contribution in [1.29, 1.82) is 0 Å². The molecule has 0 N–H and O–H groups in total. The first kappa shape index (κ1) is 22.9. The van der Waals surface area contributed by atoms with Crippen molar-refractivity contribution >= 4 is 32.6 Å². The number of benzene rings is 3. The molecule has 1 fully saturated rings. The molecule has 0 saturated carbocycles. The minimum atomic E-state index is -0.185. The molecule has 0 spiro atoms. The van der Waals surface area contributed by atoms with E-state index >= 15 is 0 Å². The normalized spacial score (nSPS) is 14.9. The van der Waals surface area contributed by atoms with Gasteiger partial charge in [-0.3, -0.25) is 14.2 Å². The highest BCUT2D eigenvalue weighted by atomic mass is 79.9. The fourth-order valence-electron chi connectivity index (χ4n) is 5.16. The SMILES string of the molecule is O=C(c1c(-c2ccccc2)c2cc(Br)ccc2c(=O)n1Cc1ccc2c(c1)OCO2)N1CCCCC1. The van der Waals surface area contributed by atoms with Gasteiger partial charge in [-0.2, -0.15) is 0 Å². The summed E-state index contributed by atoms with van der Waals surface area (Å²) in [6.07, 6.45) is 3.06. The van der Waals surface area contributed by atoms with E-state index in [2.05, 4.69) is 15.9 Å². The Morgan fingerprint density at radius 3 is 2.44 bits per heavy atom. The van der Waals surface area contributed by atoms with Gasteiger partial charge in [-0.25, -0.2) is 0 Å². The highest BCUT2D eigenvalue weighted by Gasteiger charge is 2.28. The van der Waals surface area contributed by atoms with Crippen LogP contribution in [0.5, 0.6) is 11.5 Å².